The highest BCUT2D eigenvalue weighted by atomic mass is 16.6. The number of rotatable bonds is 63. The van der Waals surface area contributed by atoms with E-state index in [1.54, 1.807) is 0 Å². The molecule has 0 radical (unpaired) electrons. The fraction of sp³-hybridized carbons (Fsp3) is 0.871. The van der Waals surface area contributed by atoms with Crippen molar-refractivity contribution in [2.75, 3.05) is 13.2 Å². The summed E-state index contributed by atoms with van der Waals surface area (Å²) in [5, 5.41) is 0. The van der Waals surface area contributed by atoms with Crippen LogP contribution >= 0.6 is 0 Å². The molecule has 6 heteroatoms. The number of hydrogen-bond donors (Lipinski definition) is 0. The molecule has 1 unspecified atom stereocenters. The summed E-state index contributed by atoms with van der Waals surface area (Å²) in [5.41, 5.74) is 0. The van der Waals surface area contributed by atoms with Crippen LogP contribution in [0.1, 0.15) is 374 Å². The first-order valence-electron chi connectivity index (χ1n) is 34.0. The Hall–Kier alpha value is -2.37. The summed E-state index contributed by atoms with van der Waals surface area (Å²) in [7, 11) is 0. The molecule has 0 spiro atoms. The molecule has 1 atom stereocenters. The largest absolute Gasteiger partial charge is 0.462 e. The van der Waals surface area contributed by atoms with Crippen molar-refractivity contribution in [1.29, 1.82) is 0 Å². The zero-order valence-electron chi connectivity index (χ0n) is 51.3. The molecule has 0 saturated carbocycles. The Morgan fingerprint density at radius 1 is 0.263 bits per heavy atom. The van der Waals surface area contributed by atoms with Crippen molar-refractivity contribution >= 4 is 17.9 Å². The van der Waals surface area contributed by atoms with Gasteiger partial charge >= 0.3 is 17.9 Å². The molecule has 0 aliphatic carbocycles. The lowest BCUT2D eigenvalue weighted by atomic mass is 10.0. The average Bonchev–Trinajstić information content (AvgIpc) is 3.42. The van der Waals surface area contributed by atoms with E-state index in [0.717, 1.165) is 70.6 Å². The molecular weight excluding hydrogens is 937 g/mol. The number of allylic oxidation sites excluding steroid dienone is 6. The Labute approximate surface area is 474 Å². The minimum atomic E-state index is -0.770. The maximum Gasteiger partial charge on any atom is 0.306 e. The van der Waals surface area contributed by atoms with E-state index in [1.807, 2.05) is 0 Å². The van der Waals surface area contributed by atoms with Crippen LogP contribution in [0, 0.1) is 0 Å². The van der Waals surface area contributed by atoms with Gasteiger partial charge in [0.05, 0.1) is 0 Å². The normalized spacial score (nSPS) is 12.2. The van der Waals surface area contributed by atoms with Crippen LogP contribution in [-0.2, 0) is 28.6 Å². The molecule has 0 aliphatic heterocycles. The van der Waals surface area contributed by atoms with Crippen molar-refractivity contribution in [2.45, 2.75) is 380 Å². The third-order valence-electron chi connectivity index (χ3n) is 15.4. The maximum absolute atomic E-state index is 12.9. The van der Waals surface area contributed by atoms with Crippen LogP contribution in [0.25, 0.3) is 0 Å². The first-order chi connectivity index (χ1) is 37.5. The van der Waals surface area contributed by atoms with Crippen molar-refractivity contribution in [3.8, 4) is 0 Å². The summed E-state index contributed by atoms with van der Waals surface area (Å²) in [5.74, 6) is -0.841. The molecule has 0 aliphatic rings. The summed E-state index contributed by atoms with van der Waals surface area (Å²) in [6.07, 6.45) is 80.1. The molecule has 0 aromatic rings. The number of carbonyl (C=O) groups excluding carboxylic acids is 3. The molecule has 0 saturated heterocycles. The van der Waals surface area contributed by atoms with Gasteiger partial charge in [0.25, 0.3) is 0 Å². The lowest BCUT2D eigenvalue weighted by molar-refractivity contribution is -0.167. The second kappa shape index (κ2) is 65.2. The Morgan fingerprint density at radius 2 is 0.474 bits per heavy atom. The molecule has 0 amide bonds. The van der Waals surface area contributed by atoms with Gasteiger partial charge in [-0.1, -0.05) is 333 Å². The summed E-state index contributed by atoms with van der Waals surface area (Å²) < 4.78 is 17.0. The lowest BCUT2D eigenvalue weighted by Crippen LogP contribution is -2.30. The molecule has 6 nitrogen and oxygen atoms in total. The number of hydrogen-bond acceptors (Lipinski definition) is 6. The fourth-order valence-corrected chi connectivity index (χ4v) is 10.3. The predicted molar refractivity (Wildman–Crippen MR) is 330 cm³/mol. The lowest BCUT2D eigenvalue weighted by Gasteiger charge is -2.18. The topological polar surface area (TPSA) is 78.9 Å². The van der Waals surface area contributed by atoms with E-state index < -0.39 is 6.10 Å². The van der Waals surface area contributed by atoms with E-state index in [9.17, 15) is 14.4 Å². The zero-order valence-corrected chi connectivity index (χ0v) is 51.3. The Morgan fingerprint density at radius 3 is 0.737 bits per heavy atom. The predicted octanol–water partition coefficient (Wildman–Crippen LogP) is 23.2. The minimum Gasteiger partial charge on any atom is -0.462 e. The standard InChI is InChI=1S/C70H130O6/c1-4-7-10-13-16-19-22-25-28-31-32-33-34-35-36-37-38-40-42-45-48-51-54-57-60-63-69(72)75-66-67(65-74-68(71)62-59-56-53-50-47-44-41-30-27-24-21-18-15-12-9-6-3)76-70(73)64-61-58-55-52-49-46-43-39-29-26-23-20-17-14-11-8-5-2/h22,25,31-32,34-35,67H,4-21,23-24,26-30,33,36-66H2,1-3H3/b25-22-,32-31-,35-34-. The van der Waals surface area contributed by atoms with Gasteiger partial charge in [-0.2, -0.15) is 0 Å². The van der Waals surface area contributed by atoms with E-state index in [0.29, 0.717) is 19.3 Å². The maximum atomic E-state index is 12.9. The summed E-state index contributed by atoms with van der Waals surface area (Å²) in [6, 6.07) is 0. The number of esters is 3. The van der Waals surface area contributed by atoms with E-state index >= 15 is 0 Å². The van der Waals surface area contributed by atoms with Crippen molar-refractivity contribution in [1.82, 2.24) is 0 Å². The molecule has 0 aromatic heterocycles. The van der Waals surface area contributed by atoms with Gasteiger partial charge in [0, 0.05) is 19.3 Å². The van der Waals surface area contributed by atoms with Gasteiger partial charge in [-0.3, -0.25) is 14.4 Å². The Balaban J connectivity index is 4.28. The van der Waals surface area contributed by atoms with Crippen LogP contribution in [0.2, 0.25) is 0 Å². The van der Waals surface area contributed by atoms with Crippen LogP contribution in [0.4, 0.5) is 0 Å². The first kappa shape index (κ1) is 73.6. The fourth-order valence-electron chi connectivity index (χ4n) is 10.3. The van der Waals surface area contributed by atoms with Gasteiger partial charge in [-0.25, -0.2) is 0 Å². The number of unbranched alkanes of at least 4 members (excludes halogenated alkanes) is 46. The molecule has 0 heterocycles. The van der Waals surface area contributed by atoms with Crippen molar-refractivity contribution in [3.05, 3.63) is 36.5 Å². The summed E-state index contributed by atoms with van der Waals surface area (Å²) in [6.45, 7) is 6.70. The highest BCUT2D eigenvalue weighted by Crippen LogP contribution is 2.18. The van der Waals surface area contributed by atoms with Crippen molar-refractivity contribution < 1.29 is 28.6 Å². The van der Waals surface area contributed by atoms with Gasteiger partial charge in [0.1, 0.15) is 13.2 Å². The van der Waals surface area contributed by atoms with Gasteiger partial charge < -0.3 is 14.2 Å². The van der Waals surface area contributed by atoms with E-state index in [-0.39, 0.29) is 31.1 Å². The van der Waals surface area contributed by atoms with E-state index in [2.05, 4.69) is 57.2 Å². The van der Waals surface area contributed by atoms with E-state index in [4.69, 9.17) is 14.2 Å². The third-order valence-corrected chi connectivity index (χ3v) is 15.4. The highest BCUT2D eigenvalue weighted by molar-refractivity contribution is 5.71. The quantitative estimate of drug-likeness (QED) is 0.0261. The van der Waals surface area contributed by atoms with Crippen LogP contribution in [0.15, 0.2) is 36.5 Å². The number of ether oxygens (including phenoxy) is 3. The zero-order chi connectivity index (χ0) is 55.0. The number of carbonyl (C=O) groups is 3. The molecule has 0 bridgehead atoms. The Kier molecular flexibility index (Phi) is 63.1. The SMILES string of the molecule is CCCCCCC/C=C\C/C=C\C/C=C\CCCCCCCCCCCCC(=O)OCC(COC(=O)CCCCCCCCCCCCCCCCCC)OC(=O)CCCCCCCCCCCCCCCCCCC. The molecule has 446 valence electrons. The van der Waals surface area contributed by atoms with Crippen LogP contribution in [-0.4, -0.2) is 37.2 Å². The molecule has 0 N–H and O–H groups in total. The molecular formula is C70H130O6. The van der Waals surface area contributed by atoms with Crippen LogP contribution in [0.5, 0.6) is 0 Å². The van der Waals surface area contributed by atoms with Gasteiger partial charge in [0.15, 0.2) is 6.10 Å². The monoisotopic (exact) mass is 1070 g/mol. The Bertz CT molecular complexity index is 1270. The second-order valence-corrected chi connectivity index (χ2v) is 23.1. The second-order valence-electron chi connectivity index (χ2n) is 23.1. The molecule has 0 rings (SSSR count). The summed E-state index contributed by atoms with van der Waals surface area (Å²) >= 11 is 0. The summed E-state index contributed by atoms with van der Waals surface area (Å²) in [4.78, 5) is 38.4. The third kappa shape index (κ3) is 62.5. The van der Waals surface area contributed by atoms with Gasteiger partial charge in [0.2, 0.25) is 0 Å². The van der Waals surface area contributed by atoms with Crippen LogP contribution < -0.4 is 0 Å². The smallest absolute Gasteiger partial charge is 0.306 e. The van der Waals surface area contributed by atoms with Crippen molar-refractivity contribution in [2.24, 2.45) is 0 Å². The minimum absolute atomic E-state index is 0.0670. The molecule has 0 aromatic carbocycles. The van der Waals surface area contributed by atoms with Gasteiger partial charge in [-0.15, -0.1) is 0 Å². The first-order valence-corrected chi connectivity index (χ1v) is 34.0. The highest BCUT2D eigenvalue weighted by Gasteiger charge is 2.19. The molecule has 76 heavy (non-hydrogen) atoms. The molecule has 0 fully saturated rings. The van der Waals surface area contributed by atoms with Gasteiger partial charge in [-0.05, 0) is 57.8 Å². The average molecular weight is 1070 g/mol. The van der Waals surface area contributed by atoms with Crippen molar-refractivity contribution in [3.63, 3.8) is 0 Å². The van der Waals surface area contributed by atoms with Crippen LogP contribution in [0.3, 0.4) is 0 Å². The van der Waals surface area contributed by atoms with E-state index in [1.165, 1.54) is 263 Å².